The normalized spacial score (nSPS) is 18.9. The fourth-order valence-electron chi connectivity index (χ4n) is 3.50. The lowest BCUT2D eigenvalue weighted by atomic mass is 10.2. The largest absolute Gasteiger partial charge is 0.493 e. The van der Waals surface area contributed by atoms with Crippen molar-refractivity contribution in [3.63, 3.8) is 0 Å². The molecule has 1 amide bonds. The highest BCUT2D eigenvalue weighted by atomic mass is 32.2. The van der Waals surface area contributed by atoms with E-state index in [0.717, 1.165) is 49.2 Å². The second kappa shape index (κ2) is 9.29. The molecule has 29 heavy (non-hydrogen) atoms. The van der Waals surface area contributed by atoms with E-state index in [4.69, 9.17) is 4.74 Å². The molecule has 2 aromatic rings. The van der Waals surface area contributed by atoms with Gasteiger partial charge in [0.15, 0.2) is 5.17 Å². The van der Waals surface area contributed by atoms with Gasteiger partial charge in [0.25, 0.3) is 5.91 Å². The first-order chi connectivity index (χ1) is 14.2. The van der Waals surface area contributed by atoms with E-state index < -0.39 is 0 Å². The van der Waals surface area contributed by atoms with Crippen LogP contribution < -0.4 is 4.74 Å². The number of amides is 1. The topological polar surface area (TPSA) is 45.1 Å². The Labute approximate surface area is 176 Å². The van der Waals surface area contributed by atoms with Crippen molar-refractivity contribution < 1.29 is 9.53 Å². The zero-order valence-electron chi connectivity index (χ0n) is 16.6. The van der Waals surface area contributed by atoms with E-state index in [0.29, 0.717) is 11.5 Å². The highest BCUT2D eigenvalue weighted by Crippen LogP contribution is 2.32. The predicted molar refractivity (Wildman–Crippen MR) is 119 cm³/mol. The molecule has 1 fully saturated rings. The van der Waals surface area contributed by atoms with Gasteiger partial charge in [-0.15, -0.1) is 0 Å². The number of ether oxygens (including phenoxy) is 1. The lowest BCUT2D eigenvalue weighted by Crippen LogP contribution is -2.47. The monoisotopic (exact) mass is 407 g/mol. The van der Waals surface area contributed by atoms with Crippen molar-refractivity contribution in [3.8, 4) is 5.75 Å². The highest BCUT2D eigenvalue weighted by Gasteiger charge is 2.28. The second-order valence-corrected chi connectivity index (χ2v) is 8.04. The van der Waals surface area contributed by atoms with Gasteiger partial charge in [0.2, 0.25) is 0 Å². The molecule has 150 valence electrons. The highest BCUT2D eigenvalue weighted by molar-refractivity contribution is 8.18. The molecule has 0 N–H and O–H groups in total. The second-order valence-electron chi connectivity index (χ2n) is 7.03. The molecule has 2 aliphatic rings. The first-order valence-corrected chi connectivity index (χ1v) is 10.8. The van der Waals surface area contributed by atoms with Crippen LogP contribution in [0.15, 0.2) is 64.5 Å². The average molecular weight is 408 g/mol. The van der Waals surface area contributed by atoms with Crippen LogP contribution in [0.2, 0.25) is 0 Å². The molecular formula is C23H25N3O2S. The Morgan fingerprint density at radius 3 is 2.52 bits per heavy atom. The summed E-state index contributed by atoms with van der Waals surface area (Å²) in [6.45, 7) is 7.22. The number of carbonyl (C=O) groups excluding carboxylic acids is 1. The van der Waals surface area contributed by atoms with Crippen LogP contribution in [0, 0.1) is 0 Å². The van der Waals surface area contributed by atoms with E-state index in [2.05, 4.69) is 39.1 Å². The Bertz CT molecular complexity index is 919. The summed E-state index contributed by atoms with van der Waals surface area (Å²) in [6.07, 6.45) is 1.89. The van der Waals surface area contributed by atoms with Crippen LogP contribution in [0.25, 0.3) is 6.08 Å². The summed E-state index contributed by atoms with van der Waals surface area (Å²) in [5, 5.41) is 0.814. The van der Waals surface area contributed by atoms with E-state index in [1.54, 1.807) is 0 Å². The molecule has 1 saturated heterocycles. The quantitative estimate of drug-likeness (QED) is 0.704. The van der Waals surface area contributed by atoms with Crippen molar-refractivity contribution in [2.75, 3.05) is 32.8 Å². The summed E-state index contributed by atoms with van der Waals surface area (Å²) in [7, 11) is 0. The molecule has 2 aliphatic heterocycles. The first kappa shape index (κ1) is 19.7. The molecule has 4 rings (SSSR count). The van der Waals surface area contributed by atoms with E-state index >= 15 is 0 Å². The Balaban J connectivity index is 1.37. The number of benzene rings is 2. The number of rotatable bonds is 5. The molecule has 6 heteroatoms. The van der Waals surface area contributed by atoms with Gasteiger partial charge in [0.05, 0.1) is 11.5 Å². The molecule has 2 aromatic carbocycles. The third-order valence-corrected chi connectivity index (χ3v) is 6.05. The minimum absolute atomic E-state index is 0.164. The summed E-state index contributed by atoms with van der Waals surface area (Å²) in [5.74, 6) is 0.627. The van der Waals surface area contributed by atoms with Crippen molar-refractivity contribution >= 4 is 28.9 Å². The zero-order valence-corrected chi connectivity index (χ0v) is 17.4. The number of para-hydroxylation sites is 1. The van der Waals surface area contributed by atoms with Gasteiger partial charge < -0.3 is 9.64 Å². The van der Waals surface area contributed by atoms with E-state index in [-0.39, 0.29) is 5.91 Å². The van der Waals surface area contributed by atoms with Crippen molar-refractivity contribution in [2.24, 2.45) is 4.99 Å². The van der Waals surface area contributed by atoms with Gasteiger partial charge in [-0.1, -0.05) is 48.5 Å². The molecule has 2 heterocycles. The van der Waals surface area contributed by atoms with Crippen molar-refractivity contribution in [2.45, 2.75) is 13.5 Å². The van der Waals surface area contributed by atoms with Crippen LogP contribution in [0.1, 0.15) is 18.1 Å². The number of carbonyl (C=O) groups is 1. The summed E-state index contributed by atoms with van der Waals surface area (Å²) in [4.78, 5) is 22.1. The fourth-order valence-corrected chi connectivity index (χ4v) is 4.46. The summed E-state index contributed by atoms with van der Waals surface area (Å²) >= 11 is 1.47. The van der Waals surface area contributed by atoms with Gasteiger partial charge >= 0.3 is 0 Å². The fraction of sp³-hybridized carbons (Fsp3) is 0.304. The third-order valence-electron chi connectivity index (χ3n) is 5.01. The maximum absolute atomic E-state index is 12.5. The number of piperazine rings is 1. The molecule has 0 unspecified atom stereocenters. The minimum Gasteiger partial charge on any atom is -0.493 e. The van der Waals surface area contributed by atoms with Gasteiger partial charge in [0.1, 0.15) is 5.75 Å². The van der Waals surface area contributed by atoms with Gasteiger partial charge in [-0.05, 0) is 36.4 Å². The van der Waals surface area contributed by atoms with Crippen LogP contribution in [0.4, 0.5) is 0 Å². The number of aliphatic imine (C=N–C) groups is 1. The lowest BCUT2D eigenvalue weighted by molar-refractivity contribution is -0.113. The minimum atomic E-state index is -0.164. The molecular weight excluding hydrogens is 382 g/mol. The SMILES string of the molecule is CCOc1ccccc1/C=C1/SC(N2CCN(Cc3ccccc3)CC2)=NC1=O. The molecule has 0 bridgehead atoms. The first-order valence-electron chi connectivity index (χ1n) is 9.98. The van der Waals surface area contributed by atoms with Crippen LogP contribution in [-0.4, -0.2) is 53.7 Å². The number of thioether (sulfide) groups is 1. The van der Waals surface area contributed by atoms with Crippen LogP contribution in [-0.2, 0) is 11.3 Å². The smallest absolute Gasteiger partial charge is 0.286 e. The van der Waals surface area contributed by atoms with Gasteiger partial charge in [-0.25, -0.2) is 0 Å². The number of hydrogen-bond donors (Lipinski definition) is 0. The molecule has 0 aromatic heterocycles. The van der Waals surface area contributed by atoms with Gasteiger partial charge in [-0.3, -0.25) is 9.69 Å². The number of nitrogens with zero attached hydrogens (tertiary/aromatic N) is 3. The Hall–Kier alpha value is -2.57. The van der Waals surface area contributed by atoms with Gasteiger partial charge in [0, 0.05) is 38.3 Å². The molecule has 5 nitrogen and oxygen atoms in total. The molecule has 0 saturated carbocycles. The molecule has 0 aliphatic carbocycles. The standard InChI is InChI=1S/C23H25N3O2S/c1-2-28-20-11-7-6-10-19(20)16-21-22(27)24-23(29-21)26-14-12-25(13-15-26)17-18-8-4-3-5-9-18/h3-11,16H,2,12-15,17H2,1H3/b21-16+. The predicted octanol–water partition coefficient (Wildman–Crippen LogP) is 3.87. The summed E-state index contributed by atoms with van der Waals surface area (Å²) in [6, 6.07) is 18.3. The van der Waals surface area contributed by atoms with Crippen molar-refractivity contribution in [3.05, 3.63) is 70.6 Å². The number of amidine groups is 1. The molecule has 0 spiro atoms. The van der Waals surface area contributed by atoms with E-state index in [1.807, 2.05) is 43.3 Å². The molecule has 0 radical (unpaired) electrons. The number of hydrogen-bond acceptors (Lipinski definition) is 5. The maximum atomic E-state index is 12.5. The van der Waals surface area contributed by atoms with Crippen LogP contribution in [0.5, 0.6) is 5.75 Å². The maximum Gasteiger partial charge on any atom is 0.286 e. The molecule has 0 atom stereocenters. The lowest BCUT2D eigenvalue weighted by Gasteiger charge is -2.35. The average Bonchev–Trinajstić information content (AvgIpc) is 3.11. The van der Waals surface area contributed by atoms with Crippen LogP contribution in [0.3, 0.4) is 0 Å². The Morgan fingerprint density at radius 1 is 1.03 bits per heavy atom. The van der Waals surface area contributed by atoms with Crippen LogP contribution >= 0.6 is 11.8 Å². The summed E-state index contributed by atoms with van der Waals surface area (Å²) < 4.78 is 5.67. The Morgan fingerprint density at radius 2 is 1.76 bits per heavy atom. The third kappa shape index (κ3) is 4.89. The van der Waals surface area contributed by atoms with E-state index in [9.17, 15) is 4.79 Å². The summed E-state index contributed by atoms with van der Waals surface area (Å²) in [5.41, 5.74) is 2.25. The Kier molecular flexibility index (Phi) is 6.32. The van der Waals surface area contributed by atoms with Crippen molar-refractivity contribution in [1.82, 2.24) is 9.80 Å². The van der Waals surface area contributed by atoms with Gasteiger partial charge in [-0.2, -0.15) is 4.99 Å². The van der Waals surface area contributed by atoms with E-state index in [1.165, 1.54) is 17.3 Å². The zero-order chi connectivity index (χ0) is 20.1. The van der Waals surface area contributed by atoms with Crippen molar-refractivity contribution in [1.29, 1.82) is 0 Å².